The van der Waals surface area contributed by atoms with Gasteiger partial charge < -0.3 is 14.8 Å². The average Bonchev–Trinajstić information content (AvgIpc) is 3.36. The summed E-state index contributed by atoms with van der Waals surface area (Å²) in [6.45, 7) is 2.01. The van der Waals surface area contributed by atoms with Gasteiger partial charge in [0.2, 0.25) is 6.79 Å². The third-order valence-corrected chi connectivity index (χ3v) is 4.52. The lowest BCUT2D eigenvalue weighted by Crippen LogP contribution is -2.26. The fraction of sp³-hybridized carbons (Fsp3) is 0.200. The number of ether oxygens (including phenoxy) is 2. The Morgan fingerprint density at radius 1 is 1.10 bits per heavy atom. The third kappa shape index (κ3) is 3.89. The molecule has 0 saturated carbocycles. The zero-order chi connectivity index (χ0) is 20.6. The second-order valence-corrected chi connectivity index (χ2v) is 6.50. The first-order chi connectivity index (χ1) is 13.8. The van der Waals surface area contributed by atoms with Gasteiger partial charge in [0.25, 0.3) is 5.91 Å². The molecule has 0 aliphatic carbocycles. The number of hydrogen-bond donors (Lipinski definition) is 1. The van der Waals surface area contributed by atoms with E-state index in [-0.39, 0.29) is 18.7 Å². The number of hydrogen-bond acceptors (Lipinski definition) is 4. The zero-order valence-corrected chi connectivity index (χ0v) is 15.2. The summed E-state index contributed by atoms with van der Waals surface area (Å²) in [5.41, 5.74) is 0.678. The van der Waals surface area contributed by atoms with Crippen LogP contribution in [0.25, 0.3) is 5.69 Å². The van der Waals surface area contributed by atoms with Gasteiger partial charge in [-0.3, -0.25) is 4.79 Å². The van der Waals surface area contributed by atoms with Gasteiger partial charge in [0.1, 0.15) is 0 Å². The highest BCUT2D eigenvalue weighted by Gasteiger charge is 2.33. The highest BCUT2D eigenvalue weighted by molar-refractivity contribution is 5.94. The first-order valence-corrected chi connectivity index (χ1v) is 8.75. The monoisotopic (exact) mass is 403 g/mol. The summed E-state index contributed by atoms with van der Waals surface area (Å²) in [4.78, 5) is 12.5. The van der Waals surface area contributed by atoms with Gasteiger partial charge >= 0.3 is 6.18 Å². The number of benzene rings is 2. The average molecular weight is 403 g/mol. The smallest absolute Gasteiger partial charge is 0.435 e. The van der Waals surface area contributed by atoms with Crippen LogP contribution in [0.15, 0.2) is 54.7 Å². The van der Waals surface area contributed by atoms with E-state index in [1.54, 1.807) is 6.07 Å². The van der Waals surface area contributed by atoms with Crippen LogP contribution in [0.2, 0.25) is 0 Å². The molecule has 0 saturated heterocycles. The Morgan fingerprint density at radius 2 is 1.83 bits per heavy atom. The van der Waals surface area contributed by atoms with Gasteiger partial charge in [-0.05, 0) is 55.0 Å². The van der Waals surface area contributed by atoms with Crippen LogP contribution in [0.3, 0.4) is 0 Å². The number of carbonyl (C=O) groups is 1. The van der Waals surface area contributed by atoms with Gasteiger partial charge in [0.15, 0.2) is 17.2 Å². The van der Waals surface area contributed by atoms with Crippen molar-refractivity contribution in [3.63, 3.8) is 0 Å². The largest absolute Gasteiger partial charge is 0.454 e. The molecule has 3 aromatic rings. The number of fused-ring (bicyclic) bond motifs is 1. The van der Waals surface area contributed by atoms with Crippen LogP contribution in [0, 0.1) is 0 Å². The number of nitrogens with one attached hydrogen (secondary N) is 1. The molecule has 2 aromatic carbocycles. The molecule has 1 aromatic heterocycles. The van der Waals surface area contributed by atoms with E-state index in [0.29, 0.717) is 22.7 Å². The Balaban J connectivity index is 1.45. The van der Waals surface area contributed by atoms with Crippen molar-refractivity contribution in [1.29, 1.82) is 0 Å². The third-order valence-electron chi connectivity index (χ3n) is 4.52. The molecule has 9 heteroatoms. The van der Waals surface area contributed by atoms with E-state index in [0.717, 1.165) is 16.3 Å². The highest BCUT2D eigenvalue weighted by atomic mass is 19.4. The van der Waals surface area contributed by atoms with Gasteiger partial charge in [0, 0.05) is 11.8 Å². The molecule has 150 valence electrons. The van der Waals surface area contributed by atoms with E-state index >= 15 is 0 Å². The van der Waals surface area contributed by atoms with Crippen LogP contribution in [0.1, 0.15) is 34.6 Å². The minimum absolute atomic E-state index is 0.173. The van der Waals surface area contributed by atoms with Crippen molar-refractivity contribution >= 4 is 5.91 Å². The van der Waals surface area contributed by atoms with Gasteiger partial charge in [-0.15, -0.1) is 0 Å². The van der Waals surface area contributed by atoms with Gasteiger partial charge in [-0.2, -0.15) is 18.3 Å². The molecule has 0 unspecified atom stereocenters. The number of carbonyl (C=O) groups excluding carboxylic acids is 1. The topological polar surface area (TPSA) is 65.4 Å². The second kappa shape index (κ2) is 7.16. The van der Waals surface area contributed by atoms with Gasteiger partial charge in [-0.1, -0.05) is 6.07 Å². The summed E-state index contributed by atoms with van der Waals surface area (Å²) >= 11 is 0. The normalized spacial score (nSPS) is 13.9. The molecule has 1 aliphatic rings. The summed E-state index contributed by atoms with van der Waals surface area (Å²) in [7, 11) is 0. The van der Waals surface area contributed by atoms with Crippen LogP contribution in [0.4, 0.5) is 13.2 Å². The van der Waals surface area contributed by atoms with Crippen LogP contribution in [0.5, 0.6) is 11.5 Å². The second-order valence-electron chi connectivity index (χ2n) is 6.50. The maximum absolute atomic E-state index is 12.7. The van der Waals surface area contributed by atoms with E-state index in [1.807, 2.05) is 19.1 Å². The molecular weight excluding hydrogens is 387 g/mol. The molecule has 0 spiro atoms. The lowest BCUT2D eigenvalue weighted by Gasteiger charge is -2.15. The van der Waals surface area contributed by atoms with Crippen molar-refractivity contribution in [2.24, 2.45) is 0 Å². The molecular formula is C20H16F3N3O3. The van der Waals surface area contributed by atoms with Crippen LogP contribution in [-0.2, 0) is 6.18 Å². The van der Waals surface area contributed by atoms with E-state index in [2.05, 4.69) is 10.4 Å². The Bertz CT molecular complexity index is 1050. The number of amides is 1. The highest BCUT2D eigenvalue weighted by Crippen LogP contribution is 2.34. The molecule has 1 amide bonds. The predicted octanol–water partition coefficient (Wildman–Crippen LogP) is 4.11. The first kappa shape index (κ1) is 18.9. The standard InChI is InChI=1S/C20H16F3N3O3/c1-12(14-4-7-16-17(10-14)29-11-28-16)24-19(27)13-2-5-15(6-3-13)26-9-8-18(25-26)20(21,22)23/h2-10,12H,11H2,1H3,(H,24,27)/t12-/m0/s1. The molecule has 1 N–H and O–H groups in total. The number of nitrogens with zero attached hydrogens (tertiary/aromatic N) is 2. The maximum atomic E-state index is 12.7. The van der Waals surface area contributed by atoms with Crippen molar-refractivity contribution in [2.75, 3.05) is 6.79 Å². The van der Waals surface area contributed by atoms with Crippen molar-refractivity contribution in [3.05, 3.63) is 71.5 Å². The predicted molar refractivity (Wildman–Crippen MR) is 97.0 cm³/mol. The summed E-state index contributed by atoms with van der Waals surface area (Å²) in [6.07, 6.45) is -3.28. The molecule has 29 heavy (non-hydrogen) atoms. The Kier molecular flexibility index (Phi) is 4.65. The maximum Gasteiger partial charge on any atom is 0.435 e. The van der Waals surface area contributed by atoms with Crippen molar-refractivity contribution in [2.45, 2.75) is 19.1 Å². The van der Waals surface area contributed by atoms with E-state index in [4.69, 9.17) is 9.47 Å². The number of halogens is 3. The molecule has 0 bridgehead atoms. The quantitative estimate of drug-likeness (QED) is 0.712. The first-order valence-electron chi connectivity index (χ1n) is 8.75. The van der Waals surface area contributed by atoms with E-state index in [1.165, 1.54) is 30.5 Å². The Morgan fingerprint density at radius 3 is 2.52 bits per heavy atom. The van der Waals surface area contributed by atoms with Gasteiger partial charge in [0.05, 0.1) is 11.7 Å². The number of aromatic nitrogens is 2. The van der Waals surface area contributed by atoms with E-state index in [9.17, 15) is 18.0 Å². The van der Waals surface area contributed by atoms with Crippen molar-refractivity contribution in [3.8, 4) is 17.2 Å². The molecule has 6 nitrogen and oxygen atoms in total. The Hall–Kier alpha value is -3.49. The van der Waals surface area contributed by atoms with Crippen molar-refractivity contribution < 1.29 is 27.4 Å². The lowest BCUT2D eigenvalue weighted by atomic mass is 10.1. The van der Waals surface area contributed by atoms with Gasteiger partial charge in [-0.25, -0.2) is 4.68 Å². The molecule has 2 heterocycles. The SMILES string of the molecule is C[C@H](NC(=O)c1ccc(-n2ccc(C(F)(F)F)n2)cc1)c1ccc2c(c1)OCO2. The summed E-state index contributed by atoms with van der Waals surface area (Å²) in [5.74, 6) is 0.985. The summed E-state index contributed by atoms with van der Waals surface area (Å²) in [6, 6.07) is 12.2. The number of alkyl halides is 3. The number of rotatable bonds is 4. The minimum Gasteiger partial charge on any atom is -0.454 e. The van der Waals surface area contributed by atoms with E-state index < -0.39 is 11.9 Å². The van der Waals surface area contributed by atoms with Crippen LogP contribution < -0.4 is 14.8 Å². The summed E-state index contributed by atoms with van der Waals surface area (Å²) < 4.78 is 49.8. The summed E-state index contributed by atoms with van der Waals surface area (Å²) in [5, 5.41) is 6.39. The van der Waals surface area contributed by atoms with Crippen LogP contribution >= 0.6 is 0 Å². The lowest BCUT2D eigenvalue weighted by molar-refractivity contribution is -0.141. The Labute approximate surface area is 163 Å². The molecule has 1 aliphatic heterocycles. The minimum atomic E-state index is -4.50. The fourth-order valence-corrected chi connectivity index (χ4v) is 2.93. The fourth-order valence-electron chi connectivity index (χ4n) is 2.93. The van der Waals surface area contributed by atoms with Crippen LogP contribution in [-0.4, -0.2) is 22.5 Å². The molecule has 1 atom stereocenters. The van der Waals surface area contributed by atoms with Crippen molar-refractivity contribution in [1.82, 2.24) is 15.1 Å². The molecule has 0 fully saturated rings. The molecule has 0 radical (unpaired) electrons. The zero-order valence-electron chi connectivity index (χ0n) is 15.2. The molecule has 4 rings (SSSR count).